The third kappa shape index (κ3) is 2.71. The molecule has 1 fully saturated rings. The number of rotatable bonds is 3. The van der Waals surface area contributed by atoms with Crippen molar-refractivity contribution < 1.29 is 8.42 Å². The van der Waals surface area contributed by atoms with Crippen molar-refractivity contribution in [2.24, 2.45) is 0 Å². The van der Waals surface area contributed by atoms with Crippen LogP contribution in [-0.2, 0) is 16.3 Å². The Kier molecular flexibility index (Phi) is 3.33. The highest BCUT2D eigenvalue weighted by Gasteiger charge is 2.30. The van der Waals surface area contributed by atoms with E-state index in [0.29, 0.717) is 11.6 Å². The van der Waals surface area contributed by atoms with Gasteiger partial charge in [0.25, 0.3) is 0 Å². The molecule has 1 unspecified atom stereocenters. The van der Waals surface area contributed by atoms with Gasteiger partial charge in [-0.3, -0.25) is 0 Å². The third-order valence-corrected chi connectivity index (χ3v) is 5.51. The van der Waals surface area contributed by atoms with Crippen LogP contribution in [0.5, 0.6) is 0 Å². The molecule has 3 nitrogen and oxygen atoms in total. The van der Waals surface area contributed by atoms with Gasteiger partial charge in [-0.1, -0.05) is 0 Å². The van der Waals surface area contributed by atoms with Gasteiger partial charge < -0.3 is 0 Å². The van der Waals surface area contributed by atoms with E-state index in [0.717, 1.165) is 23.5 Å². The van der Waals surface area contributed by atoms with E-state index < -0.39 is 9.84 Å². The van der Waals surface area contributed by atoms with Gasteiger partial charge in [0.15, 0.2) is 9.84 Å². The average molecular weight is 266 g/mol. The molecule has 0 spiro atoms. The fourth-order valence-electron chi connectivity index (χ4n) is 1.71. The maximum Gasteiger partial charge on any atom is 0.151 e. The van der Waals surface area contributed by atoms with Gasteiger partial charge in [0, 0.05) is 23.6 Å². The van der Waals surface area contributed by atoms with Crippen LogP contribution >= 0.6 is 22.9 Å². The maximum atomic E-state index is 11.3. The summed E-state index contributed by atoms with van der Waals surface area (Å²) in [6.07, 6.45) is 1.48. The molecular formula is C9H12ClNO2S2. The lowest BCUT2D eigenvalue weighted by Gasteiger charge is -2.00. The predicted molar refractivity (Wildman–Crippen MR) is 62.5 cm³/mol. The Morgan fingerprint density at radius 1 is 1.60 bits per heavy atom. The molecule has 1 aromatic rings. The molecule has 1 aromatic heterocycles. The molecule has 0 N–H and O–H groups in total. The molecule has 1 saturated heterocycles. The van der Waals surface area contributed by atoms with Gasteiger partial charge in [-0.2, -0.15) is 0 Å². The Morgan fingerprint density at radius 3 is 3.00 bits per heavy atom. The molecule has 0 radical (unpaired) electrons. The molecule has 2 heterocycles. The number of hydrogen-bond acceptors (Lipinski definition) is 4. The fraction of sp³-hybridized carbons (Fsp3) is 0.667. The van der Waals surface area contributed by atoms with Gasteiger partial charge in [-0.25, -0.2) is 13.4 Å². The summed E-state index contributed by atoms with van der Waals surface area (Å²) in [5.41, 5.74) is 0.981. The Balaban J connectivity index is 2.10. The average Bonchev–Trinajstić information content (AvgIpc) is 2.73. The highest BCUT2D eigenvalue weighted by atomic mass is 35.5. The third-order valence-electron chi connectivity index (χ3n) is 2.50. The summed E-state index contributed by atoms with van der Waals surface area (Å²) in [6.45, 7) is 0. The van der Waals surface area contributed by atoms with E-state index in [-0.39, 0.29) is 11.7 Å². The predicted octanol–water partition coefficient (Wildman–Crippen LogP) is 1.83. The van der Waals surface area contributed by atoms with Gasteiger partial charge in [-0.15, -0.1) is 22.9 Å². The van der Waals surface area contributed by atoms with Crippen molar-refractivity contribution in [1.82, 2.24) is 4.98 Å². The van der Waals surface area contributed by atoms with Crippen LogP contribution in [0.3, 0.4) is 0 Å². The van der Waals surface area contributed by atoms with Crippen LogP contribution in [-0.4, -0.2) is 30.8 Å². The summed E-state index contributed by atoms with van der Waals surface area (Å²) in [5, 5.41) is 2.93. The summed E-state index contributed by atoms with van der Waals surface area (Å²) in [6, 6.07) is 0. The van der Waals surface area contributed by atoms with Crippen molar-refractivity contribution in [2.75, 3.05) is 17.4 Å². The summed E-state index contributed by atoms with van der Waals surface area (Å²) in [5.74, 6) is 1.25. The van der Waals surface area contributed by atoms with Crippen molar-refractivity contribution in [3.8, 4) is 0 Å². The van der Waals surface area contributed by atoms with Crippen LogP contribution in [0.25, 0.3) is 0 Å². The lowest BCUT2D eigenvalue weighted by Crippen LogP contribution is -2.03. The zero-order valence-electron chi connectivity index (χ0n) is 8.15. The number of nitrogens with zero attached hydrogens (tertiary/aromatic N) is 1. The van der Waals surface area contributed by atoms with Gasteiger partial charge in [-0.05, 0) is 6.42 Å². The molecule has 6 heteroatoms. The van der Waals surface area contributed by atoms with Gasteiger partial charge >= 0.3 is 0 Å². The number of aryl methyl sites for hydroxylation is 1. The summed E-state index contributed by atoms with van der Waals surface area (Å²) >= 11 is 7.17. The molecule has 84 valence electrons. The Hall–Kier alpha value is -0.130. The largest absolute Gasteiger partial charge is 0.246 e. The zero-order chi connectivity index (χ0) is 10.9. The van der Waals surface area contributed by atoms with E-state index in [2.05, 4.69) is 4.98 Å². The molecule has 1 aliphatic heterocycles. The molecule has 2 rings (SSSR count). The topological polar surface area (TPSA) is 47.0 Å². The van der Waals surface area contributed by atoms with Crippen molar-refractivity contribution >= 4 is 32.8 Å². The molecule has 0 aliphatic carbocycles. The standard InChI is InChI=1S/C9H12ClNO2S2/c10-3-1-8-5-14-9(11-8)7-2-4-15(12,13)6-7/h5,7H,1-4,6H2. The minimum absolute atomic E-state index is 0.115. The Bertz CT molecular complexity index is 441. The number of aromatic nitrogens is 1. The first-order valence-electron chi connectivity index (χ1n) is 4.81. The zero-order valence-corrected chi connectivity index (χ0v) is 10.5. The number of alkyl halides is 1. The van der Waals surface area contributed by atoms with Crippen LogP contribution in [0.4, 0.5) is 0 Å². The van der Waals surface area contributed by atoms with E-state index >= 15 is 0 Å². The fourth-order valence-corrected chi connectivity index (χ4v) is 4.75. The van der Waals surface area contributed by atoms with E-state index in [9.17, 15) is 8.42 Å². The van der Waals surface area contributed by atoms with Gasteiger partial charge in [0.1, 0.15) is 0 Å². The first kappa shape index (κ1) is 11.4. The molecule has 15 heavy (non-hydrogen) atoms. The van der Waals surface area contributed by atoms with E-state index in [1.54, 1.807) is 11.3 Å². The Morgan fingerprint density at radius 2 is 2.40 bits per heavy atom. The first-order valence-corrected chi connectivity index (χ1v) is 8.05. The molecular weight excluding hydrogens is 254 g/mol. The van der Waals surface area contributed by atoms with Crippen molar-refractivity contribution in [3.63, 3.8) is 0 Å². The normalized spacial score (nSPS) is 24.5. The molecule has 0 aromatic carbocycles. The summed E-state index contributed by atoms with van der Waals surface area (Å²) in [4.78, 5) is 4.42. The number of sulfone groups is 1. The molecule has 0 bridgehead atoms. The number of thiazole rings is 1. The molecule has 0 amide bonds. The van der Waals surface area contributed by atoms with Crippen LogP contribution in [0, 0.1) is 0 Å². The highest BCUT2D eigenvalue weighted by Crippen LogP contribution is 2.30. The van der Waals surface area contributed by atoms with Crippen LogP contribution in [0.1, 0.15) is 23.0 Å². The van der Waals surface area contributed by atoms with E-state index in [4.69, 9.17) is 11.6 Å². The molecule has 1 aliphatic rings. The summed E-state index contributed by atoms with van der Waals surface area (Å²) < 4.78 is 22.6. The SMILES string of the molecule is O=S1(=O)CCC(c2nc(CCCl)cs2)C1. The molecule has 0 saturated carbocycles. The second kappa shape index (κ2) is 4.39. The minimum atomic E-state index is -2.81. The number of halogens is 1. The second-order valence-corrected chi connectivity index (χ2v) is 7.21. The van der Waals surface area contributed by atoms with Crippen molar-refractivity contribution in [3.05, 3.63) is 16.1 Å². The lowest BCUT2D eigenvalue weighted by molar-refractivity contribution is 0.601. The van der Waals surface area contributed by atoms with Gasteiger partial charge in [0.2, 0.25) is 0 Å². The van der Waals surface area contributed by atoms with Crippen LogP contribution < -0.4 is 0 Å². The van der Waals surface area contributed by atoms with Crippen LogP contribution in [0.2, 0.25) is 0 Å². The van der Waals surface area contributed by atoms with Crippen LogP contribution in [0.15, 0.2) is 5.38 Å². The molecule has 1 atom stereocenters. The van der Waals surface area contributed by atoms with E-state index in [1.807, 2.05) is 5.38 Å². The monoisotopic (exact) mass is 265 g/mol. The van der Waals surface area contributed by atoms with Crippen molar-refractivity contribution in [1.29, 1.82) is 0 Å². The summed E-state index contributed by atoms with van der Waals surface area (Å²) in [7, 11) is -2.81. The van der Waals surface area contributed by atoms with Gasteiger partial charge in [0.05, 0.1) is 22.2 Å². The highest BCUT2D eigenvalue weighted by molar-refractivity contribution is 7.91. The lowest BCUT2D eigenvalue weighted by atomic mass is 10.1. The quantitative estimate of drug-likeness (QED) is 0.784. The maximum absolute atomic E-state index is 11.3. The van der Waals surface area contributed by atoms with Crippen molar-refractivity contribution in [2.45, 2.75) is 18.8 Å². The Labute approximate surface area is 98.4 Å². The first-order chi connectivity index (χ1) is 7.11. The number of hydrogen-bond donors (Lipinski definition) is 0. The minimum Gasteiger partial charge on any atom is -0.246 e. The smallest absolute Gasteiger partial charge is 0.151 e. The second-order valence-electron chi connectivity index (χ2n) is 3.72. The van der Waals surface area contributed by atoms with E-state index in [1.165, 1.54) is 0 Å².